The third-order valence-corrected chi connectivity index (χ3v) is 6.61. The second-order valence-electron chi connectivity index (χ2n) is 6.38. The molecule has 2 aromatic rings. The number of hydrogen-bond donors (Lipinski definition) is 3. The van der Waals surface area contributed by atoms with E-state index in [1.165, 1.54) is 24.8 Å². The number of rotatable bonds is 9. The molecule has 1 amide bonds. The van der Waals surface area contributed by atoms with E-state index in [2.05, 4.69) is 5.32 Å². The van der Waals surface area contributed by atoms with Gasteiger partial charge in [-0.1, -0.05) is 48.9 Å². The van der Waals surface area contributed by atoms with Gasteiger partial charge in [0.25, 0.3) is 5.91 Å². The molecule has 0 fully saturated rings. The van der Waals surface area contributed by atoms with Crippen LogP contribution in [-0.2, 0) is 20.6 Å². The van der Waals surface area contributed by atoms with Crippen molar-refractivity contribution in [2.24, 2.45) is 11.1 Å². The Kier molecular flexibility index (Phi) is 8.09. The molecule has 0 radical (unpaired) electrons. The summed E-state index contributed by atoms with van der Waals surface area (Å²) in [4.78, 5) is 23.7. The van der Waals surface area contributed by atoms with Crippen LogP contribution in [0.5, 0.6) is 0 Å². The van der Waals surface area contributed by atoms with Crippen LogP contribution in [0.3, 0.4) is 0 Å². The number of aliphatic carboxylic acids is 1. The summed E-state index contributed by atoms with van der Waals surface area (Å²) in [5, 5.41) is 16.7. The number of carboxylic acid groups (broad SMARTS) is 1. The molecule has 4 N–H and O–H groups in total. The average molecular weight is 457 g/mol. The summed E-state index contributed by atoms with van der Waals surface area (Å²) in [7, 11) is -4.12. The summed E-state index contributed by atoms with van der Waals surface area (Å²) in [5.41, 5.74) is 1.13. The Bertz CT molecular complexity index is 997. The van der Waals surface area contributed by atoms with Crippen LogP contribution < -0.4 is 10.5 Å². The predicted molar refractivity (Wildman–Crippen MR) is 113 cm³/mol. The van der Waals surface area contributed by atoms with Crippen molar-refractivity contribution in [3.8, 4) is 0 Å². The highest BCUT2D eigenvalue weighted by Gasteiger charge is 2.21. The average Bonchev–Trinajstić information content (AvgIpc) is 2.65. The number of carbonyl (C=O) groups excluding carboxylic acids is 1. The minimum Gasteiger partial charge on any atom is -0.481 e. The molecule has 10 heteroatoms. The number of thioether (sulfide) groups is 1. The molecule has 156 valence electrons. The zero-order valence-corrected chi connectivity index (χ0v) is 18.0. The number of carboxylic acids is 1. The van der Waals surface area contributed by atoms with Crippen LogP contribution in [0.2, 0.25) is 5.02 Å². The number of benzene rings is 2. The van der Waals surface area contributed by atoms with Crippen LogP contribution in [0.25, 0.3) is 0 Å². The molecule has 0 aliphatic carbocycles. The van der Waals surface area contributed by atoms with E-state index in [0.717, 1.165) is 11.6 Å². The topological polar surface area (TPSA) is 127 Å². The molecule has 0 spiro atoms. The van der Waals surface area contributed by atoms with Gasteiger partial charge in [0.1, 0.15) is 4.90 Å². The fourth-order valence-corrected chi connectivity index (χ4v) is 4.59. The Morgan fingerprint density at radius 2 is 1.90 bits per heavy atom. The maximum atomic E-state index is 12.7. The van der Waals surface area contributed by atoms with Crippen LogP contribution in [0.15, 0.2) is 52.3 Å². The van der Waals surface area contributed by atoms with Gasteiger partial charge in [0.05, 0.1) is 16.5 Å². The minimum atomic E-state index is -4.12. The first-order valence-electron chi connectivity index (χ1n) is 8.63. The number of amides is 1. The summed E-state index contributed by atoms with van der Waals surface area (Å²) >= 11 is 7.42. The minimum absolute atomic E-state index is 0.0703. The zero-order valence-electron chi connectivity index (χ0n) is 15.6. The second kappa shape index (κ2) is 10.1. The van der Waals surface area contributed by atoms with Crippen LogP contribution in [0.1, 0.15) is 29.3 Å². The Balaban J connectivity index is 2.27. The molecule has 2 aromatic carbocycles. The van der Waals surface area contributed by atoms with Gasteiger partial charge in [-0.05, 0) is 24.1 Å². The zero-order chi connectivity index (χ0) is 21.6. The van der Waals surface area contributed by atoms with Crippen molar-refractivity contribution in [3.63, 3.8) is 0 Å². The Morgan fingerprint density at radius 3 is 2.48 bits per heavy atom. The molecular weight excluding hydrogens is 436 g/mol. The molecule has 0 aliphatic heterocycles. The highest BCUT2D eigenvalue weighted by Crippen LogP contribution is 2.33. The summed E-state index contributed by atoms with van der Waals surface area (Å²) < 4.78 is 23.6. The largest absolute Gasteiger partial charge is 0.481 e. The third-order valence-electron chi connectivity index (χ3n) is 4.11. The lowest BCUT2D eigenvalue weighted by Crippen LogP contribution is -2.28. The van der Waals surface area contributed by atoms with Crippen molar-refractivity contribution in [1.29, 1.82) is 0 Å². The third kappa shape index (κ3) is 6.74. The van der Waals surface area contributed by atoms with Gasteiger partial charge in [0.15, 0.2) is 0 Å². The molecule has 29 heavy (non-hydrogen) atoms. The predicted octanol–water partition coefficient (Wildman–Crippen LogP) is 3.12. The molecule has 0 heterocycles. The number of halogens is 1. The van der Waals surface area contributed by atoms with E-state index in [0.29, 0.717) is 10.6 Å². The summed E-state index contributed by atoms with van der Waals surface area (Å²) in [6.45, 7) is 1.67. The number of primary sulfonamides is 1. The summed E-state index contributed by atoms with van der Waals surface area (Å²) in [5.74, 6) is -1.56. The number of nitrogens with two attached hydrogens (primary N) is 1. The van der Waals surface area contributed by atoms with E-state index in [1.54, 1.807) is 0 Å². The fourth-order valence-electron chi connectivity index (χ4n) is 2.41. The lowest BCUT2D eigenvalue weighted by Gasteiger charge is -2.14. The van der Waals surface area contributed by atoms with E-state index in [1.807, 2.05) is 30.3 Å². The Morgan fingerprint density at radius 1 is 1.24 bits per heavy atom. The van der Waals surface area contributed by atoms with Gasteiger partial charge in [-0.25, -0.2) is 13.6 Å². The molecule has 1 atom stereocenters. The van der Waals surface area contributed by atoms with Crippen LogP contribution in [0, 0.1) is 5.92 Å². The number of nitrogens with one attached hydrogen (secondary N) is 1. The summed E-state index contributed by atoms with van der Waals surface area (Å²) in [6, 6.07) is 12.1. The van der Waals surface area contributed by atoms with Crippen LogP contribution in [-0.4, -0.2) is 31.9 Å². The first kappa shape index (κ1) is 23.2. The Labute approximate surface area is 178 Å². The van der Waals surface area contributed by atoms with Gasteiger partial charge in [0, 0.05) is 17.2 Å². The summed E-state index contributed by atoms with van der Waals surface area (Å²) in [6.07, 6.45) is 0.239. The molecule has 7 nitrogen and oxygen atoms in total. The van der Waals surface area contributed by atoms with Crippen molar-refractivity contribution >= 4 is 45.3 Å². The second-order valence-corrected chi connectivity index (χ2v) is 9.34. The Hall–Kier alpha value is -2.07. The molecule has 0 aliphatic rings. The SMILES string of the molecule is CC(CCNC(=O)c1cc(S(N)(=O)=O)c(Cl)cc1SCc1ccccc1)C(=O)O. The van der Waals surface area contributed by atoms with E-state index in [-0.39, 0.29) is 28.4 Å². The molecule has 1 unspecified atom stereocenters. The van der Waals surface area contributed by atoms with E-state index >= 15 is 0 Å². The van der Waals surface area contributed by atoms with Crippen molar-refractivity contribution in [2.45, 2.75) is 28.9 Å². The maximum Gasteiger partial charge on any atom is 0.306 e. The molecular formula is C19H21ClN2O5S2. The lowest BCUT2D eigenvalue weighted by atomic mass is 10.1. The van der Waals surface area contributed by atoms with Gasteiger partial charge in [-0.15, -0.1) is 11.8 Å². The smallest absolute Gasteiger partial charge is 0.306 e. The van der Waals surface area contributed by atoms with Crippen molar-refractivity contribution in [1.82, 2.24) is 5.32 Å². The molecule has 0 saturated heterocycles. The molecule has 0 bridgehead atoms. The monoisotopic (exact) mass is 456 g/mol. The number of sulfonamides is 1. The van der Waals surface area contributed by atoms with E-state index in [4.69, 9.17) is 21.8 Å². The van der Waals surface area contributed by atoms with Gasteiger partial charge in [-0.3, -0.25) is 9.59 Å². The van der Waals surface area contributed by atoms with Gasteiger partial charge in [0.2, 0.25) is 10.0 Å². The normalized spacial score (nSPS) is 12.4. The van der Waals surface area contributed by atoms with Gasteiger partial charge >= 0.3 is 5.97 Å². The van der Waals surface area contributed by atoms with Crippen LogP contribution >= 0.6 is 23.4 Å². The molecule has 2 rings (SSSR count). The first-order chi connectivity index (χ1) is 13.6. The van der Waals surface area contributed by atoms with Crippen molar-refractivity contribution in [2.75, 3.05) is 6.54 Å². The fraction of sp³-hybridized carbons (Fsp3) is 0.263. The van der Waals surface area contributed by atoms with Gasteiger partial charge < -0.3 is 10.4 Å². The maximum absolute atomic E-state index is 12.7. The quantitative estimate of drug-likeness (QED) is 0.497. The van der Waals surface area contributed by atoms with Crippen LogP contribution in [0.4, 0.5) is 0 Å². The van der Waals surface area contributed by atoms with E-state index in [9.17, 15) is 18.0 Å². The van der Waals surface area contributed by atoms with E-state index < -0.39 is 27.8 Å². The highest BCUT2D eigenvalue weighted by molar-refractivity contribution is 7.98. The van der Waals surface area contributed by atoms with Crippen molar-refractivity contribution < 1.29 is 23.1 Å². The van der Waals surface area contributed by atoms with Crippen molar-refractivity contribution in [3.05, 3.63) is 58.6 Å². The highest BCUT2D eigenvalue weighted by atomic mass is 35.5. The standard InChI is InChI=1S/C19H21ClN2O5S2/c1-12(19(24)25)7-8-22-18(23)14-9-17(29(21,26)27)15(20)10-16(14)28-11-13-5-3-2-4-6-13/h2-6,9-10,12H,7-8,11H2,1H3,(H,22,23)(H,24,25)(H2,21,26,27). The number of carbonyl (C=O) groups is 2. The number of hydrogen-bond acceptors (Lipinski definition) is 5. The lowest BCUT2D eigenvalue weighted by molar-refractivity contribution is -0.141. The molecule has 0 aromatic heterocycles. The van der Waals surface area contributed by atoms with Gasteiger partial charge in [-0.2, -0.15) is 0 Å². The molecule has 0 saturated carbocycles. The first-order valence-corrected chi connectivity index (χ1v) is 11.5.